The average molecular weight is 363 g/mol. The Morgan fingerprint density at radius 2 is 1.65 bits per heavy atom. The minimum Gasteiger partial charge on any atom is -0.478 e. The van der Waals surface area contributed by atoms with E-state index in [1.165, 1.54) is 6.08 Å². The molecule has 0 heterocycles. The third-order valence-electron chi connectivity index (χ3n) is 4.69. The summed E-state index contributed by atoms with van der Waals surface area (Å²) in [6.07, 6.45) is 1.44. The molecule has 0 aliphatic heterocycles. The Morgan fingerprint density at radius 1 is 1.08 bits per heavy atom. The number of anilines is 1. The zero-order valence-corrected chi connectivity index (χ0v) is 15.5. The largest absolute Gasteiger partial charge is 0.478 e. The van der Waals surface area contributed by atoms with E-state index in [4.69, 9.17) is 10.8 Å². The predicted octanol–water partition coefficient (Wildman–Crippen LogP) is 2.50. The molecule has 0 amide bonds. The van der Waals surface area contributed by atoms with Gasteiger partial charge < -0.3 is 21.1 Å². The molecule has 5 atom stereocenters. The van der Waals surface area contributed by atoms with Crippen LogP contribution in [-0.2, 0) is 4.79 Å². The molecule has 1 aromatic carbocycles. The van der Waals surface area contributed by atoms with Gasteiger partial charge in [0, 0.05) is 29.7 Å². The van der Waals surface area contributed by atoms with Crippen LogP contribution in [0.5, 0.6) is 0 Å². The van der Waals surface area contributed by atoms with E-state index in [9.17, 15) is 19.8 Å². The maximum atomic E-state index is 12.2. The fourth-order valence-corrected chi connectivity index (χ4v) is 2.93. The lowest BCUT2D eigenvalue weighted by molar-refractivity contribution is -0.131. The van der Waals surface area contributed by atoms with Crippen LogP contribution in [0.15, 0.2) is 36.4 Å². The number of hydrogen-bond donors (Lipinski definition) is 4. The van der Waals surface area contributed by atoms with Crippen LogP contribution in [0.25, 0.3) is 0 Å². The molecule has 0 aromatic heterocycles. The summed E-state index contributed by atoms with van der Waals surface area (Å²) in [6.45, 7) is 5.43. The highest BCUT2D eigenvalue weighted by atomic mass is 16.4. The summed E-state index contributed by atoms with van der Waals surface area (Å²) in [7, 11) is 0. The van der Waals surface area contributed by atoms with Crippen LogP contribution in [0.4, 0.5) is 5.69 Å². The summed E-state index contributed by atoms with van der Waals surface area (Å²) in [4.78, 5) is 22.8. The minimum absolute atomic E-state index is 0.00235. The number of hydrogen-bond acceptors (Lipinski definition) is 5. The van der Waals surface area contributed by atoms with Gasteiger partial charge in [0.2, 0.25) is 0 Å². The first-order chi connectivity index (χ1) is 12.1. The van der Waals surface area contributed by atoms with Gasteiger partial charge in [-0.3, -0.25) is 4.79 Å². The summed E-state index contributed by atoms with van der Waals surface area (Å²) in [6, 6.07) is 6.57. The Labute approximate surface area is 154 Å². The number of ketones is 1. The number of aliphatic hydroxyl groups excluding tert-OH is 2. The zero-order valence-electron chi connectivity index (χ0n) is 15.5. The molecule has 26 heavy (non-hydrogen) atoms. The normalized spacial score (nSPS) is 17.4. The standard InChI is InChI=1S/C20H29NO5/c1-12(4-9-19(24)25)20(26)14(3)10-13(2)17(22)11-18(23)15-5-7-16(21)8-6-15/h4-9,12-14,17,20,22,26H,10-11,21H2,1-3H3,(H,24,25). The molecule has 0 radical (unpaired) electrons. The third-order valence-corrected chi connectivity index (χ3v) is 4.69. The molecule has 0 saturated carbocycles. The van der Waals surface area contributed by atoms with Gasteiger partial charge in [-0.1, -0.05) is 26.8 Å². The number of carboxylic acids is 1. The highest BCUT2D eigenvalue weighted by Gasteiger charge is 2.26. The molecule has 0 aliphatic carbocycles. The molecule has 0 fully saturated rings. The number of benzene rings is 1. The molecule has 0 spiro atoms. The number of carbonyl (C=O) groups is 2. The molecular weight excluding hydrogens is 334 g/mol. The van der Waals surface area contributed by atoms with Gasteiger partial charge in [-0.2, -0.15) is 0 Å². The van der Waals surface area contributed by atoms with Gasteiger partial charge in [-0.05, 0) is 42.5 Å². The van der Waals surface area contributed by atoms with Crippen LogP contribution >= 0.6 is 0 Å². The van der Waals surface area contributed by atoms with Crippen molar-refractivity contribution in [2.45, 2.75) is 45.8 Å². The zero-order chi connectivity index (χ0) is 19.9. The highest BCUT2D eigenvalue weighted by molar-refractivity contribution is 5.96. The topological polar surface area (TPSA) is 121 Å². The van der Waals surface area contributed by atoms with E-state index in [0.29, 0.717) is 17.7 Å². The van der Waals surface area contributed by atoms with Crippen molar-refractivity contribution in [2.75, 3.05) is 5.73 Å². The number of nitrogen functional groups attached to an aromatic ring is 1. The van der Waals surface area contributed by atoms with Gasteiger partial charge in [0.25, 0.3) is 0 Å². The second kappa shape index (κ2) is 10.1. The molecule has 5 unspecified atom stereocenters. The highest BCUT2D eigenvalue weighted by Crippen LogP contribution is 2.25. The molecule has 0 aliphatic rings. The first kappa shape index (κ1) is 21.9. The van der Waals surface area contributed by atoms with E-state index in [2.05, 4.69) is 0 Å². The summed E-state index contributed by atoms with van der Waals surface area (Å²) < 4.78 is 0. The predicted molar refractivity (Wildman–Crippen MR) is 101 cm³/mol. The Bertz CT molecular complexity index is 626. The number of rotatable bonds is 10. The molecule has 5 N–H and O–H groups in total. The maximum absolute atomic E-state index is 12.2. The monoisotopic (exact) mass is 363 g/mol. The van der Waals surface area contributed by atoms with Gasteiger partial charge in [-0.15, -0.1) is 0 Å². The molecular formula is C20H29NO5. The number of Topliss-reactive ketones (excluding diaryl/α,β-unsaturated/α-hetero) is 1. The molecule has 1 aromatic rings. The second-order valence-corrected chi connectivity index (χ2v) is 7.05. The molecule has 144 valence electrons. The number of carboxylic acid groups (broad SMARTS) is 1. The van der Waals surface area contributed by atoms with Crippen LogP contribution in [0.1, 0.15) is 44.0 Å². The molecule has 6 nitrogen and oxygen atoms in total. The average Bonchev–Trinajstić information content (AvgIpc) is 2.59. The summed E-state index contributed by atoms with van der Waals surface area (Å²) in [5, 5.41) is 29.3. The number of nitrogens with two attached hydrogens (primary N) is 1. The molecule has 0 bridgehead atoms. The Kier molecular flexibility index (Phi) is 8.48. The van der Waals surface area contributed by atoms with Crippen molar-refractivity contribution in [3.8, 4) is 0 Å². The lowest BCUT2D eigenvalue weighted by Crippen LogP contribution is -2.30. The third kappa shape index (κ3) is 6.98. The second-order valence-electron chi connectivity index (χ2n) is 7.05. The molecule has 0 saturated heterocycles. The van der Waals surface area contributed by atoms with Crippen molar-refractivity contribution in [2.24, 2.45) is 17.8 Å². The lowest BCUT2D eigenvalue weighted by Gasteiger charge is -2.27. The summed E-state index contributed by atoms with van der Waals surface area (Å²) in [5.74, 6) is -1.87. The van der Waals surface area contributed by atoms with Crippen LogP contribution in [0.3, 0.4) is 0 Å². The minimum atomic E-state index is -1.05. The van der Waals surface area contributed by atoms with Gasteiger partial charge in [0.15, 0.2) is 5.78 Å². The van der Waals surface area contributed by atoms with Crippen LogP contribution < -0.4 is 5.73 Å². The van der Waals surface area contributed by atoms with Crippen LogP contribution in [0.2, 0.25) is 0 Å². The van der Waals surface area contributed by atoms with Crippen molar-refractivity contribution in [3.05, 3.63) is 42.0 Å². The van der Waals surface area contributed by atoms with E-state index in [0.717, 1.165) is 6.08 Å². The number of aliphatic carboxylic acids is 1. The van der Waals surface area contributed by atoms with E-state index in [1.54, 1.807) is 31.2 Å². The van der Waals surface area contributed by atoms with Crippen molar-refractivity contribution >= 4 is 17.4 Å². The summed E-state index contributed by atoms with van der Waals surface area (Å²) >= 11 is 0. The van der Waals surface area contributed by atoms with Gasteiger partial charge in [0.1, 0.15) is 0 Å². The van der Waals surface area contributed by atoms with Crippen molar-refractivity contribution in [1.29, 1.82) is 0 Å². The first-order valence-electron chi connectivity index (χ1n) is 8.77. The maximum Gasteiger partial charge on any atom is 0.327 e. The Balaban J connectivity index is 2.56. The Hall–Kier alpha value is -2.18. The van der Waals surface area contributed by atoms with Gasteiger partial charge in [-0.25, -0.2) is 4.79 Å². The fourth-order valence-electron chi connectivity index (χ4n) is 2.93. The number of carbonyl (C=O) groups excluding carboxylic acids is 1. The smallest absolute Gasteiger partial charge is 0.327 e. The van der Waals surface area contributed by atoms with E-state index >= 15 is 0 Å². The van der Waals surface area contributed by atoms with Crippen molar-refractivity contribution in [3.63, 3.8) is 0 Å². The number of aliphatic hydroxyl groups is 2. The molecule has 6 heteroatoms. The van der Waals surface area contributed by atoms with E-state index in [1.807, 2.05) is 13.8 Å². The van der Waals surface area contributed by atoms with E-state index < -0.39 is 18.2 Å². The quantitative estimate of drug-likeness (QED) is 0.288. The lowest BCUT2D eigenvalue weighted by atomic mass is 9.83. The fraction of sp³-hybridized carbons (Fsp3) is 0.500. The molecule has 1 rings (SSSR count). The van der Waals surface area contributed by atoms with Crippen molar-refractivity contribution in [1.82, 2.24) is 0 Å². The van der Waals surface area contributed by atoms with Crippen LogP contribution in [-0.4, -0.2) is 39.3 Å². The first-order valence-corrected chi connectivity index (χ1v) is 8.77. The van der Waals surface area contributed by atoms with Crippen LogP contribution in [0, 0.1) is 17.8 Å². The SMILES string of the molecule is CC(C=CC(=O)O)C(O)C(C)CC(C)C(O)CC(=O)c1ccc(N)cc1. The van der Waals surface area contributed by atoms with Gasteiger partial charge in [0.05, 0.1) is 12.2 Å². The van der Waals surface area contributed by atoms with E-state index in [-0.39, 0.29) is 30.0 Å². The van der Waals surface area contributed by atoms with Gasteiger partial charge >= 0.3 is 5.97 Å². The van der Waals surface area contributed by atoms with Crippen molar-refractivity contribution < 1.29 is 24.9 Å². The summed E-state index contributed by atoms with van der Waals surface area (Å²) in [5.41, 5.74) is 6.68. The Morgan fingerprint density at radius 3 is 2.19 bits per heavy atom.